The van der Waals surface area contributed by atoms with Crippen LogP contribution in [-0.2, 0) is 0 Å². The van der Waals surface area contributed by atoms with Gasteiger partial charge < -0.3 is 9.47 Å². The Bertz CT molecular complexity index is 1150. The van der Waals surface area contributed by atoms with Gasteiger partial charge in [0.25, 0.3) is 5.91 Å². The van der Waals surface area contributed by atoms with Gasteiger partial charge in [-0.15, -0.1) is 0 Å². The lowest BCUT2D eigenvalue weighted by Crippen LogP contribution is -2.12. The predicted molar refractivity (Wildman–Crippen MR) is 112 cm³/mol. The molecule has 7 heteroatoms. The number of para-hydroxylation sites is 2. The summed E-state index contributed by atoms with van der Waals surface area (Å²) in [5, 5.41) is 3.82. The van der Waals surface area contributed by atoms with E-state index in [1.807, 2.05) is 36.4 Å². The molecule has 1 N–H and O–H groups in total. The van der Waals surface area contributed by atoms with Crippen LogP contribution in [0.25, 0.3) is 10.2 Å². The van der Waals surface area contributed by atoms with Gasteiger partial charge in [0.1, 0.15) is 22.8 Å². The SMILES string of the molecule is COc1ccc(Cl)c2sc(NC(=O)c3ccccc3Oc3ccccc3)nc12. The summed E-state index contributed by atoms with van der Waals surface area (Å²) in [6.07, 6.45) is 0. The van der Waals surface area contributed by atoms with Crippen molar-refractivity contribution in [1.29, 1.82) is 0 Å². The standard InChI is InChI=1S/C21H15ClN2O3S/c1-26-17-12-11-15(22)19-18(17)23-21(28-19)24-20(25)14-9-5-6-10-16(14)27-13-7-3-2-4-8-13/h2-12H,1H3,(H,23,24,25). The maximum absolute atomic E-state index is 12.9. The van der Waals surface area contributed by atoms with Crippen molar-refractivity contribution >= 4 is 44.2 Å². The molecule has 0 radical (unpaired) electrons. The van der Waals surface area contributed by atoms with E-state index in [9.17, 15) is 4.79 Å². The molecule has 1 heterocycles. The maximum Gasteiger partial charge on any atom is 0.261 e. The Balaban J connectivity index is 1.63. The molecule has 0 fully saturated rings. The number of carbonyl (C=O) groups is 1. The molecular formula is C21H15ClN2O3S. The number of benzene rings is 3. The first-order valence-electron chi connectivity index (χ1n) is 8.42. The largest absolute Gasteiger partial charge is 0.494 e. The highest BCUT2D eigenvalue weighted by atomic mass is 35.5. The molecule has 28 heavy (non-hydrogen) atoms. The van der Waals surface area contributed by atoms with Crippen molar-refractivity contribution in [1.82, 2.24) is 4.98 Å². The number of anilines is 1. The topological polar surface area (TPSA) is 60.5 Å². The molecule has 1 amide bonds. The fourth-order valence-electron chi connectivity index (χ4n) is 2.69. The van der Waals surface area contributed by atoms with E-state index in [-0.39, 0.29) is 5.91 Å². The minimum absolute atomic E-state index is 0.319. The van der Waals surface area contributed by atoms with Gasteiger partial charge in [-0.05, 0) is 36.4 Å². The van der Waals surface area contributed by atoms with Gasteiger partial charge in [0, 0.05) is 0 Å². The number of hydrogen-bond donors (Lipinski definition) is 1. The summed E-state index contributed by atoms with van der Waals surface area (Å²) in [5.41, 5.74) is 1.02. The smallest absolute Gasteiger partial charge is 0.261 e. The molecule has 1 aromatic heterocycles. The number of ether oxygens (including phenoxy) is 2. The Hall–Kier alpha value is -3.09. The van der Waals surface area contributed by atoms with Crippen LogP contribution in [0.4, 0.5) is 5.13 Å². The van der Waals surface area contributed by atoms with Gasteiger partial charge in [0.05, 0.1) is 22.4 Å². The zero-order valence-corrected chi connectivity index (χ0v) is 16.4. The van der Waals surface area contributed by atoms with Crippen LogP contribution in [0.1, 0.15) is 10.4 Å². The number of nitrogens with one attached hydrogen (secondary N) is 1. The summed E-state index contributed by atoms with van der Waals surface area (Å²) < 4.78 is 11.9. The van der Waals surface area contributed by atoms with E-state index < -0.39 is 0 Å². The van der Waals surface area contributed by atoms with Gasteiger partial charge >= 0.3 is 0 Å². The van der Waals surface area contributed by atoms with Crippen LogP contribution in [0.15, 0.2) is 66.7 Å². The molecule has 4 aromatic rings. The minimum Gasteiger partial charge on any atom is -0.494 e. The average Bonchev–Trinajstić information content (AvgIpc) is 3.14. The molecule has 0 aliphatic carbocycles. The van der Waals surface area contributed by atoms with Gasteiger partial charge in [-0.2, -0.15) is 0 Å². The Kier molecular flexibility index (Phi) is 5.14. The number of aromatic nitrogens is 1. The molecule has 0 unspecified atom stereocenters. The van der Waals surface area contributed by atoms with E-state index in [0.717, 1.165) is 4.70 Å². The van der Waals surface area contributed by atoms with Crippen LogP contribution in [0.5, 0.6) is 17.2 Å². The molecule has 4 rings (SSSR count). The van der Waals surface area contributed by atoms with Crippen LogP contribution in [0.2, 0.25) is 5.02 Å². The molecule has 5 nitrogen and oxygen atoms in total. The first-order chi connectivity index (χ1) is 13.7. The second kappa shape index (κ2) is 7.88. The van der Waals surface area contributed by atoms with Crippen molar-refractivity contribution < 1.29 is 14.3 Å². The lowest BCUT2D eigenvalue weighted by Gasteiger charge is -2.10. The second-order valence-electron chi connectivity index (χ2n) is 5.81. The Morgan fingerprint density at radius 2 is 1.75 bits per heavy atom. The third-order valence-electron chi connectivity index (χ3n) is 4.00. The second-order valence-corrected chi connectivity index (χ2v) is 7.22. The lowest BCUT2D eigenvalue weighted by molar-refractivity contribution is 0.102. The number of rotatable bonds is 5. The van der Waals surface area contributed by atoms with Crippen LogP contribution in [-0.4, -0.2) is 18.0 Å². The fraction of sp³-hybridized carbons (Fsp3) is 0.0476. The Labute approximate surface area is 170 Å². The van der Waals surface area contributed by atoms with Crippen LogP contribution >= 0.6 is 22.9 Å². The van der Waals surface area contributed by atoms with E-state index in [1.165, 1.54) is 11.3 Å². The number of thiazole rings is 1. The van der Waals surface area contributed by atoms with Crippen LogP contribution in [0, 0.1) is 0 Å². The van der Waals surface area contributed by atoms with Gasteiger partial charge in [0.2, 0.25) is 0 Å². The summed E-state index contributed by atoms with van der Waals surface area (Å²) in [5.74, 6) is 1.40. The molecule has 0 spiro atoms. The molecule has 0 atom stereocenters. The van der Waals surface area contributed by atoms with Gasteiger partial charge in [0.15, 0.2) is 5.13 Å². The summed E-state index contributed by atoms with van der Waals surface area (Å²) in [4.78, 5) is 17.3. The first kappa shape index (κ1) is 18.3. The number of amides is 1. The average molecular weight is 411 g/mol. The lowest BCUT2D eigenvalue weighted by atomic mass is 10.2. The van der Waals surface area contributed by atoms with E-state index in [0.29, 0.717) is 38.5 Å². The van der Waals surface area contributed by atoms with E-state index in [2.05, 4.69) is 10.3 Å². The molecule has 0 bridgehead atoms. The summed E-state index contributed by atoms with van der Waals surface area (Å²) in [6, 6.07) is 19.9. The van der Waals surface area contributed by atoms with E-state index in [1.54, 1.807) is 37.4 Å². The highest BCUT2D eigenvalue weighted by molar-refractivity contribution is 7.23. The predicted octanol–water partition coefficient (Wildman–Crippen LogP) is 6.00. The van der Waals surface area contributed by atoms with Gasteiger partial charge in [-0.25, -0.2) is 4.98 Å². The summed E-state index contributed by atoms with van der Waals surface area (Å²) >= 11 is 7.54. The third kappa shape index (κ3) is 3.65. The van der Waals surface area contributed by atoms with Crippen LogP contribution in [0.3, 0.4) is 0 Å². The molecule has 0 saturated carbocycles. The minimum atomic E-state index is -0.319. The highest BCUT2D eigenvalue weighted by Crippen LogP contribution is 2.37. The molecule has 3 aromatic carbocycles. The zero-order valence-electron chi connectivity index (χ0n) is 14.8. The number of methoxy groups -OCH3 is 1. The third-order valence-corrected chi connectivity index (χ3v) is 5.43. The van der Waals surface area contributed by atoms with Crippen molar-refractivity contribution in [3.63, 3.8) is 0 Å². The number of carbonyl (C=O) groups excluding carboxylic acids is 1. The molecule has 140 valence electrons. The normalized spacial score (nSPS) is 10.6. The number of halogens is 1. The summed E-state index contributed by atoms with van der Waals surface area (Å²) in [7, 11) is 1.57. The number of fused-ring (bicyclic) bond motifs is 1. The van der Waals surface area contributed by atoms with Crippen molar-refractivity contribution in [3.05, 3.63) is 77.3 Å². The number of hydrogen-bond acceptors (Lipinski definition) is 5. The van der Waals surface area contributed by atoms with E-state index in [4.69, 9.17) is 21.1 Å². The molecule has 0 aliphatic heterocycles. The van der Waals surface area contributed by atoms with Crippen molar-refractivity contribution in [2.45, 2.75) is 0 Å². The van der Waals surface area contributed by atoms with Gasteiger partial charge in [-0.1, -0.05) is 53.3 Å². The fourth-order valence-corrected chi connectivity index (χ4v) is 3.84. The highest BCUT2D eigenvalue weighted by Gasteiger charge is 2.17. The van der Waals surface area contributed by atoms with E-state index >= 15 is 0 Å². The van der Waals surface area contributed by atoms with Gasteiger partial charge in [-0.3, -0.25) is 10.1 Å². The Morgan fingerprint density at radius 3 is 2.54 bits per heavy atom. The monoisotopic (exact) mass is 410 g/mol. The number of nitrogens with zero attached hydrogens (tertiary/aromatic N) is 1. The Morgan fingerprint density at radius 1 is 1.00 bits per heavy atom. The van der Waals surface area contributed by atoms with Crippen molar-refractivity contribution in [2.75, 3.05) is 12.4 Å². The zero-order chi connectivity index (χ0) is 19.5. The van der Waals surface area contributed by atoms with Crippen LogP contribution < -0.4 is 14.8 Å². The van der Waals surface area contributed by atoms with Crippen molar-refractivity contribution in [3.8, 4) is 17.2 Å². The molecule has 0 aliphatic rings. The maximum atomic E-state index is 12.9. The molecular weight excluding hydrogens is 396 g/mol. The first-order valence-corrected chi connectivity index (χ1v) is 9.61. The molecule has 0 saturated heterocycles. The summed E-state index contributed by atoms with van der Waals surface area (Å²) in [6.45, 7) is 0. The quantitative estimate of drug-likeness (QED) is 0.438. The van der Waals surface area contributed by atoms with Crippen molar-refractivity contribution in [2.24, 2.45) is 0 Å².